The van der Waals surface area contributed by atoms with Crippen LogP contribution in [-0.2, 0) is 0 Å². The van der Waals surface area contributed by atoms with E-state index >= 15 is 0 Å². The Morgan fingerprint density at radius 1 is 1.38 bits per heavy atom. The van der Waals surface area contributed by atoms with Crippen molar-refractivity contribution in [2.75, 3.05) is 0 Å². The minimum absolute atomic E-state index is 0.0463. The van der Waals surface area contributed by atoms with Crippen LogP contribution in [0.3, 0.4) is 0 Å². The molecule has 6 nitrogen and oxygen atoms in total. The average molecular weight is 328 g/mol. The lowest BCUT2D eigenvalue weighted by molar-refractivity contribution is -0.385. The zero-order valence-electron chi connectivity index (χ0n) is 10.9. The van der Waals surface area contributed by atoms with E-state index < -0.39 is 4.92 Å². The van der Waals surface area contributed by atoms with E-state index in [1.54, 1.807) is 19.1 Å². The summed E-state index contributed by atoms with van der Waals surface area (Å²) in [6.07, 6.45) is 1.50. The van der Waals surface area contributed by atoms with Gasteiger partial charge in [-0.2, -0.15) is 0 Å². The van der Waals surface area contributed by atoms with E-state index in [2.05, 4.69) is 4.98 Å². The highest BCUT2D eigenvalue weighted by Gasteiger charge is 2.21. The van der Waals surface area contributed by atoms with Crippen LogP contribution in [0.15, 0.2) is 30.5 Å². The monoisotopic (exact) mass is 327 g/mol. The Labute approximate surface area is 130 Å². The summed E-state index contributed by atoms with van der Waals surface area (Å²) in [7, 11) is 0. The number of nitrogens with zero attached hydrogens (tertiary/aromatic N) is 2. The van der Waals surface area contributed by atoms with E-state index in [1.165, 1.54) is 12.3 Å². The van der Waals surface area contributed by atoms with Gasteiger partial charge in [0.25, 0.3) is 0 Å². The second kappa shape index (κ2) is 6.26. The minimum atomic E-state index is -0.605. The molecule has 21 heavy (non-hydrogen) atoms. The van der Waals surface area contributed by atoms with Gasteiger partial charge in [0, 0.05) is 29.9 Å². The van der Waals surface area contributed by atoms with Gasteiger partial charge in [-0.3, -0.25) is 10.1 Å². The number of pyridine rings is 1. The molecule has 1 aromatic carbocycles. The lowest BCUT2D eigenvalue weighted by Crippen LogP contribution is -2.07. The first kappa shape index (κ1) is 15.5. The SMILES string of the molecule is CC(N)c1cccnc1Oc1cc(Cl)c(Cl)cc1[N+](=O)[O-]. The largest absolute Gasteiger partial charge is 0.431 e. The molecule has 8 heteroatoms. The van der Waals surface area contributed by atoms with Crippen LogP contribution in [0.5, 0.6) is 11.6 Å². The highest BCUT2D eigenvalue weighted by Crippen LogP contribution is 2.38. The molecule has 0 saturated heterocycles. The first-order chi connectivity index (χ1) is 9.90. The van der Waals surface area contributed by atoms with Gasteiger partial charge in [-0.05, 0) is 13.0 Å². The zero-order chi connectivity index (χ0) is 15.6. The highest BCUT2D eigenvalue weighted by atomic mass is 35.5. The third-order valence-electron chi connectivity index (χ3n) is 2.70. The Morgan fingerprint density at radius 3 is 2.67 bits per heavy atom. The first-order valence-electron chi connectivity index (χ1n) is 5.92. The number of nitro groups is 1. The molecule has 0 aliphatic heterocycles. The van der Waals surface area contributed by atoms with Gasteiger partial charge in [0.1, 0.15) is 0 Å². The van der Waals surface area contributed by atoms with Crippen LogP contribution in [0.25, 0.3) is 0 Å². The molecular formula is C13H11Cl2N3O3. The second-order valence-corrected chi connectivity index (χ2v) is 5.09. The van der Waals surface area contributed by atoms with E-state index in [-0.39, 0.29) is 33.4 Å². The molecule has 0 bridgehead atoms. The fourth-order valence-electron chi connectivity index (χ4n) is 1.68. The predicted molar refractivity (Wildman–Crippen MR) is 80.0 cm³/mol. The number of halogens is 2. The van der Waals surface area contributed by atoms with Crippen molar-refractivity contribution in [1.29, 1.82) is 0 Å². The highest BCUT2D eigenvalue weighted by molar-refractivity contribution is 6.42. The molecule has 1 atom stereocenters. The van der Waals surface area contributed by atoms with E-state index in [9.17, 15) is 10.1 Å². The fraction of sp³-hybridized carbons (Fsp3) is 0.154. The maximum Gasteiger partial charge on any atom is 0.313 e. The molecule has 0 aliphatic rings. The van der Waals surface area contributed by atoms with Crippen LogP contribution in [0.2, 0.25) is 10.0 Å². The lowest BCUT2D eigenvalue weighted by atomic mass is 10.1. The summed E-state index contributed by atoms with van der Waals surface area (Å²) in [5.74, 6) is 0.143. The summed E-state index contributed by atoms with van der Waals surface area (Å²) in [5.41, 5.74) is 6.14. The molecule has 0 spiro atoms. The molecule has 2 rings (SSSR count). The number of aromatic nitrogens is 1. The summed E-state index contributed by atoms with van der Waals surface area (Å²) < 4.78 is 5.52. The normalized spacial score (nSPS) is 12.0. The molecule has 0 fully saturated rings. The van der Waals surface area contributed by atoms with Gasteiger partial charge >= 0.3 is 5.69 Å². The quantitative estimate of drug-likeness (QED) is 0.673. The molecule has 1 unspecified atom stereocenters. The van der Waals surface area contributed by atoms with Crippen molar-refractivity contribution in [2.45, 2.75) is 13.0 Å². The molecule has 1 heterocycles. The summed E-state index contributed by atoms with van der Waals surface area (Å²) >= 11 is 11.7. The van der Waals surface area contributed by atoms with E-state index in [0.29, 0.717) is 5.56 Å². The summed E-state index contributed by atoms with van der Waals surface area (Å²) in [4.78, 5) is 14.5. The molecular weight excluding hydrogens is 317 g/mol. The fourth-order valence-corrected chi connectivity index (χ4v) is 1.99. The molecule has 0 aliphatic carbocycles. The van der Waals surface area contributed by atoms with Gasteiger partial charge in [-0.25, -0.2) is 4.98 Å². The predicted octanol–water partition coefficient (Wildman–Crippen LogP) is 4.11. The van der Waals surface area contributed by atoms with Crippen LogP contribution in [-0.4, -0.2) is 9.91 Å². The Kier molecular flexibility index (Phi) is 4.62. The van der Waals surface area contributed by atoms with Gasteiger partial charge in [-0.15, -0.1) is 0 Å². The summed E-state index contributed by atoms with van der Waals surface area (Å²) in [6, 6.07) is 5.51. The van der Waals surface area contributed by atoms with Crippen LogP contribution in [0, 0.1) is 10.1 Å². The Bertz CT molecular complexity index is 692. The van der Waals surface area contributed by atoms with Crippen molar-refractivity contribution in [1.82, 2.24) is 4.98 Å². The second-order valence-electron chi connectivity index (χ2n) is 4.28. The Balaban J connectivity index is 2.49. The number of ether oxygens (including phenoxy) is 1. The van der Waals surface area contributed by atoms with Gasteiger partial charge in [0.05, 0.1) is 15.0 Å². The topological polar surface area (TPSA) is 91.3 Å². The number of nitro benzene ring substituents is 1. The number of rotatable bonds is 4. The van der Waals surface area contributed by atoms with Gasteiger partial charge in [0.2, 0.25) is 11.6 Å². The average Bonchev–Trinajstić information content (AvgIpc) is 2.42. The number of benzene rings is 1. The van der Waals surface area contributed by atoms with Gasteiger partial charge < -0.3 is 10.5 Å². The molecule has 1 aromatic heterocycles. The molecule has 0 amide bonds. The van der Waals surface area contributed by atoms with Crippen LogP contribution >= 0.6 is 23.2 Å². The third-order valence-corrected chi connectivity index (χ3v) is 3.42. The maximum absolute atomic E-state index is 11.1. The van der Waals surface area contributed by atoms with Gasteiger partial charge in [0.15, 0.2) is 0 Å². The van der Waals surface area contributed by atoms with Crippen molar-refractivity contribution in [3.8, 4) is 11.6 Å². The van der Waals surface area contributed by atoms with Crippen molar-refractivity contribution in [3.63, 3.8) is 0 Å². The first-order valence-corrected chi connectivity index (χ1v) is 6.67. The number of nitrogens with two attached hydrogens (primary N) is 1. The molecule has 110 valence electrons. The van der Waals surface area contributed by atoms with Crippen molar-refractivity contribution in [3.05, 3.63) is 56.2 Å². The smallest absolute Gasteiger partial charge is 0.313 e. The van der Waals surface area contributed by atoms with Crippen LogP contribution < -0.4 is 10.5 Å². The van der Waals surface area contributed by atoms with Crippen LogP contribution in [0.1, 0.15) is 18.5 Å². The minimum Gasteiger partial charge on any atom is -0.431 e. The Morgan fingerprint density at radius 2 is 2.05 bits per heavy atom. The molecule has 2 aromatic rings. The van der Waals surface area contributed by atoms with Crippen molar-refractivity contribution >= 4 is 28.9 Å². The number of hydrogen-bond acceptors (Lipinski definition) is 5. The lowest BCUT2D eigenvalue weighted by Gasteiger charge is -2.12. The van der Waals surface area contributed by atoms with E-state index in [4.69, 9.17) is 33.7 Å². The van der Waals surface area contributed by atoms with Crippen molar-refractivity contribution < 1.29 is 9.66 Å². The zero-order valence-corrected chi connectivity index (χ0v) is 12.4. The summed E-state index contributed by atoms with van der Waals surface area (Å²) in [6.45, 7) is 1.76. The third kappa shape index (κ3) is 3.41. The van der Waals surface area contributed by atoms with E-state index in [1.807, 2.05) is 0 Å². The maximum atomic E-state index is 11.1. The molecule has 0 radical (unpaired) electrons. The van der Waals surface area contributed by atoms with Crippen molar-refractivity contribution in [2.24, 2.45) is 5.73 Å². The summed E-state index contributed by atoms with van der Waals surface area (Å²) in [5, 5.41) is 11.3. The number of hydrogen-bond donors (Lipinski definition) is 1. The van der Waals surface area contributed by atoms with Gasteiger partial charge in [-0.1, -0.05) is 29.3 Å². The van der Waals surface area contributed by atoms with Crippen LogP contribution in [0.4, 0.5) is 5.69 Å². The molecule has 2 N–H and O–H groups in total. The standard InChI is InChI=1S/C13H11Cl2N3O3/c1-7(16)8-3-2-4-17-13(8)21-12-6-10(15)9(14)5-11(12)18(19)20/h2-7H,16H2,1H3. The van der Waals surface area contributed by atoms with E-state index in [0.717, 1.165) is 6.07 Å². The Hall–Kier alpha value is -1.89. The molecule has 0 saturated carbocycles.